The highest BCUT2D eigenvalue weighted by Gasteiger charge is 2.31. The lowest BCUT2D eigenvalue weighted by molar-refractivity contribution is 0.0893. The molecule has 2 heteroatoms. The van der Waals surface area contributed by atoms with E-state index in [-0.39, 0.29) is 5.41 Å². The molecule has 1 fully saturated rings. The topological polar surface area (TPSA) is 32.3 Å². The third-order valence-electron chi connectivity index (χ3n) is 3.42. The van der Waals surface area contributed by atoms with Gasteiger partial charge in [-0.25, -0.2) is 0 Å². The molecule has 1 aliphatic heterocycles. The summed E-state index contributed by atoms with van der Waals surface area (Å²) >= 11 is 0. The molecule has 0 radical (unpaired) electrons. The van der Waals surface area contributed by atoms with Crippen LogP contribution in [0.15, 0.2) is 30.3 Å². The Morgan fingerprint density at radius 2 is 1.80 bits per heavy atom. The molecule has 1 aromatic carbocycles. The molecule has 82 valence electrons. The van der Waals surface area contributed by atoms with Gasteiger partial charge >= 0.3 is 0 Å². The van der Waals surface area contributed by atoms with Crippen molar-refractivity contribution in [3.05, 3.63) is 35.9 Å². The van der Waals surface area contributed by atoms with Crippen LogP contribution >= 0.6 is 0 Å². The quantitative estimate of drug-likeness (QED) is 0.785. The van der Waals surface area contributed by atoms with E-state index in [1.54, 1.807) is 0 Å². The van der Waals surface area contributed by atoms with Gasteiger partial charge in [0.1, 0.15) is 0 Å². The standard InChI is InChI=1S/C13H19NO/c15-11-13(6-8-14-9-7-13)10-12-4-2-1-3-5-12/h1-5,14-15H,6-11H2. The van der Waals surface area contributed by atoms with Crippen LogP contribution in [0.3, 0.4) is 0 Å². The maximum atomic E-state index is 9.58. The minimum Gasteiger partial charge on any atom is -0.396 e. The Bertz CT molecular complexity index is 291. The van der Waals surface area contributed by atoms with Crippen molar-refractivity contribution in [1.82, 2.24) is 5.32 Å². The zero-order valence-electron chi connectivity index (χ0n) is 9.08. The van der Waals surface area contributed by atoms with Gasteiger partial charge in [-0.1, -0.05) is 30.3 Å². The summed E-state index contributed by atoms with van der Waals surface area (Å²) in [5, 5.41) is 12.9. The first-order chi connectivity index (χ1) is 7.35. The van der Waals surface area contributed by atoms with Gasteiger partial charge in [0, 0.05) is 6.61 Å². The van der Waals surface area contributed by atoms with Crippen LogP contribution in [0.4, 0.5) is 0 Å². The number of hydrogen-bond acceptors (Lipinski definition) is 2. The van der Waals surface area contributed by atoms with Crippen LogP contribution in [0.5, 0.6) is 0 Å². The van der Waals surface area contributed by atoms with E-state index < -0.39 is 0 Å². The zero-order valence-corrected chi connectivity index (χ0v) is 9.08. The Balaban J connectivity index is 2.07. The van der Waals surface area contributed by atoms with Gasteiger partial charge in [0.2, 0.25) is 0 Å². The van der Waals surface area contributed by atoms with Crippen LogP contribution in [0, 0.1) is 5.41 Å². The van der Waals surface area contributed by atoms with Crippen LogP contribution in [0.1, 0.15) is 18.4 Å². The van der Waals surface area contributed by atoms with Gasteiger partial charge in [-0.3, -0.25) is 0 Å². The number of rotatable bonds is 3. The fourth-order valence-electron chi connectivity index (χ4n) is 2.38. The molecule has 0 unspecified atom stereocenters. The SMILES string of the molecule is OCC1(Cc2ccccc2)CCNCC1. The second kappa shape index (κ2) is 4.77. The Morgan fingerprint density at radius 3 is 2.40 bits per heavy atom. The van der Waals surface area contributed by atoms with Crippen molar-refractivity contribution in [2.24, 2.45) is 5.41 Å². The second-order valence-corrected chi connectivity index (χ2v) is 4.57. The van der Waals surface area contributed by atoms with E-state index >= 15 is 0 Å². The summed E-state index contributed by atoms with van der Waals surface area (Å²) in [7, 11) is 0. The Hall–Kier alpha value is -0.860. The molecule has 1 heterocycles. The van der Waals surface area contributed by atoms with Gasteiger partial charge in [-0.05, 0) is 43.3 Å². The first-order valence-electron chi connectivity index (χ1n) is 5.70. The third-order valence-corrected chi connectivity index (χ3v) is 3.42. The van der Waals surface area contributed by atoms with Gasteiger partial charge in [0.25, 0.3) is 0 Å². The van der Waals surface area contributed by atoms with E-state index in [2.05, 4.69) is 29.6 Å². The van der Waals surface area contributed by atoms with Crippen molar-refractivity contribution < 1.29 is 5.11 Å². The van der Waals surface area contributed by atoms with Crippen LogP contribution in [0.25, 0.3) is 0 Å². The predicted molar refractivity (Wildman–Crippen MR) is 61.8 cm³/mol. The lowest BCUT2D eigenvalue weighted by atomic mass is 9.75. The monoisotopic (exact) mass is 205 g/mol. The summed E-state index contributed by atoms with van der Waals surface area (Å²) in [5.41, 5.74) is 1.46. The van der Waals surface area contributed by atoms with E-state index in [4.69, 9.17) is 0 Å². The highest BCUT2D eigenvalue weighted by atomic mass is 16.3. The highest BCUT2D eigenvalue weighted by Crippen LogP contribution is 2.32. The fourth-order valence-corrected chi connectivity index (χ4v) is 2.38. The van der Waals surface area contributed by atoms with Gasteiger partial charge < -0.3 is 10.4 Å². The van der Waals surface area contributed by atoms with Crippen LogP contribution in [0.2, 0.25) is 0 Å². The molecule has 2 N–H and O–H groups in total. The van der Waals surface area contributed by atoms with Crippen molar-refractivity contribution >= 4 is 0 Å². The van der Waals surface area contributed by atoms with Gasteiger partial charge in [-0.15, -0.1) is 0 Å². The number of aliphatic hydroxyl groups is 1. The average molecular weight is 205 g/mol. The van der Waals surface area contributed by atoms with E-state index in [0.29, 0.717) is 6.61 Å². The molecule has 0 amide bonds. The second-order valence-electron chi connectivity index (χ2n) is 4.57. The first-order valence-corrected chi connectivity index (χ1v) is 5.70. The highest BCUT2D eigenvalue weighted by molar-refractivity contribution is 5.17. The minimum absolute atomic E-state index is 0.118. The molecule has 2 nitrogen and oxygen atoms in total. The van der Waals surface area contributed by atoms with Crippen molar-refractivity contribution in [3.8, 4) is 0 Å². The van der Waals surface area contributed by atoms with Crippen LogP contribution < -0.4 is 5.32 Å². The molecule has 1 saturated heterocycles. The molecule has 15 heavy (non-hydrogen) atoms. The Labute approximate surface area is 91.3 Å². The van der Waals surface area contributed by atoms with Gasteiger partial charge in [0.05, 0.1) is 0 Å². The summed E-state index contributed by atoms with van der Waals surface area (Å²) in [6.07, 6.45) is 3.17. The molecular weight excluding hydrogens is 186 g/mol. The molecule has 1 aliphatic rings. The molecular formula is C13H19NO. The summed E-state index contributed by atoms with van der Waals surface area (Å²) in [6.45, 7) is 2.38. The van der Waals surface area contributed by atoms with Crippen molar-refractivity contribution in [2.75, 3.05) is 19.7 Å². The Morgan fingerprint density at radius 1 is 1.13 bits per heavy atom. The summed E-state index contributed by atoms with van der Waals surface area (Å²) in [4.78, 5) is 0. The molecule has 0 spiro atoms. The molecule has 0 bridgehead atoms. The van der Waals surface area contributed by atoms with Gasteiger partial charge in [-0.2, -0.15) is 0 Å². The summed E-state index contributed by atoms with van der Waals surface area (Å²) in [5.74, 6) is 0. The smallest absolute Gasteiger partial charge is 0.0491 e. The largest absolute Gasteiger partial charge is 0.396 e. The van der Waals surface area contributed by atoms with Gasteiger partial charge in [0.15, 0.2) is 0 Å². The average Bonchev–Trinajstić information content (AvgIpc) is 2.32. The number of benzene rings is 1. The number of nitrogens with one attached hydrogen (secondary N) is 1. The normalized spacial score (nSPS) is 20.1. The van der Waals surface area contributed by atoms with Crippen molar-refractivity contribution in [2.45, 2.75) is 19.3 Å². The lowest BCUT2D eigenvalue weighted by Crippen LogP contribution is -2.40. The Kier molecular flexibility index (Phi) is 3.39. The summed E-state index contributed by atoms with van der Waals surface area (Å²) < 4.78 is 0. The molecule has 0 aliphatic carbocycles. The summed E-state index contributed by atoms with van der Waals surface area (Å²) in [6, 6.07) is 10.5. The number of piperidine rings is 1. The van der Waals surface area contributed by atoms with E-state index in [0.717, 1.165) is 32.4 Å². The third kappa shape index (κ3) is 2.58. The van der Waals surface area contributed by atoms with E-state index in [9.17, 15) is 5.11 Å². The molecule has 1 aromatic rings. The predicted octanol–water partition coefficient (Wildman–Crippen LogP) is 1.59. The maximum absolute atomic E-state index is 9.58. The zero-order chi connectivity index (χ0) is 10.6. The molecule has 0 atom stereocenters. The maximum Gasteiger partial charge on any atom is 0.0491 e. The number of aliphatic hydroxyl groups excluding tert-OH is 1. The van der Waals surface area contributed by atoms with Crippen LogP contribution in [-0.4, -0.2) is 24.8 Å². The minimum atomic E-state index is 0.118. The molecule has 0 aromatic heterocycles. The van der Waals surface area contributed by atoms with Crippen molar-refractivity contribution in [3.63, 3.8) is 0 Å². The first kappa shape index (κ1) is 10.7. The molecule has 0 saturated carbocycles. The molecule has 2 rings (SSSR count). The number of hydrogen-bond donors (Lipinski definition) is 2. The fraction of sp³-hybridized carbons (Fsp3) is 0.538. The van der Waals surface area contributed by atoms with Crippen molar-refractivity contribution in [1.29, 1.82) is 0 Å². The van der Waals surface area contributed by atoms with Crippen LogP contribution in [-0.2, 0) is 6.42 Å². The van der Waals surface area contributed by atoms with E-state index in [1.807, 2.05) is 6.07 Å². The van der Waals surface area contributed by atoms with E-state index in [1.165, 1.54) is 5.56 Å². The lowest BCUT2D eigenvalue weighted by Gasteiger charge is -2.36.